The largest absolute Gasteiger partial charge is 0.324 e. The van der Waals surface area contributed by atoms with E-state index in [0.717, 1.165) is 0 Å². The molecule has 0 aromatic heterocycles. The van der Waals surface area contributed by atoms with Gasteiger partial charge in [0.25, 0.3) is 5.91 Å². The second-order valence-electron chi connectivity index (χ2n) is 4.99. The van der Waals surface area contributed by atoms with Crippen LogP contribution in [0.2, 0.25) is 0 Å². The highest BCUT2D eigenvalue weighted by molar-refractivity contribution is 6.11. The van der Waals surface area contributed by atoms with Crippen molar-refractivity contribution in [3.05, 3.63) is 29.8 Å². The number of benzene rings is 1. The molecular weight excluding hydrogens is 274 g/mol. The minimum absolute atomic E-state index is 0.156. The van der Waals surface area contributed by atoms with Gasteiger partial charge in [-0.05, 0) is 18.6 Å². The van der Waals surface area contributed by atoms with Gasteiger partial charge >= 0.3 is 0 Å². The maximum absolute atomic E-state index is 12.6. The molecule has 2 heterocycles. The van der Waals surface area contributed by atoms with Crippen molar-refractivity contribution < 1.29 is 19.2 Å². The highest BCUT2D eigenvalue weighted by Gasteiger charge is 2.37. The van der Waals surface area contributed by atoms with E-state index in [2.05, 4.69) is 10.6 Å². The van der Waals surface area contributed by atoms with Crippen LogP contribution in [0, 0.1) is 0 Å². The summed E-state index contributed by atoms with van der Waals surface area (Å²) in [5, 5.41) is 4.85. The zero-order valence-electron chi connectivity index (χ0n) is 11.1. The number of piperidine rings is 1. The highest BCUT2D eigenvalue weighted by Crippen LogP contribution is 2.23. The Balaban J connectivity index is 1.96. The zero-order chi connectivity index (χ0) is 15.0. The van der Waals surface area contributed by atoms with Crippen molar-refractivity contribution in [2.45, 2.75) is 18.9 Å². The third kappa shape index (κ3) is 2.37. The van der Waals surface area contributed by atoms with E-state index < -0.39 is 17.9 Å². The summed E-state index contributed by atoms with van der Waals surface area (Å²) < 4.78 is 0. The standard InChI is InChI=1S/C14H13N3O4/c18-11-6-5-10(13(20)16-11)17-7-12(19)15-9-4-2-1-3-8(9)14(17)21/h1-4,10H,5-7H2,(H,15,19)(H,16,18,20). The van der Waals surface area contributed by atoms with E-state index in [9.17, 15) is 19.2 Å². The first kappa shape index (κ1) is 13.3. The van der Waals surface area contributed by atoms with Crippen LogP contribution < -0.4 is 10.6 Å². The molecule has 1 atom stereocenters. The van der Waals surface area contributed by atoms with Crippen molar-refractivity contribution >= 4 is 29.3 Å². The molecule has 0 spiro atoms. The van der Waals surface area contributed by atoms with Gasteiger partial charge in [-0.1, -0.05) is 12.1 Å². The molecule has 1 aromatic carbocycles. The summed E-state index contributed by atoms with van der Waals surface area (Å²) in [5.74, 6) is -1.65. The number of hydrogen-bond donors (Lipinski definition) is 2. The number of hydrogen-bond acceptors (Lipinski definition) is 4. The first-order valence-corrected chi connectivity index (χ1v) is 6.60. The van der Waals surface area contributed by atoms with E-state index in [0.29, 0.717) is 11.3 Å². The topological polar surface area (TPSA) is 95.6 Å². The Morgan fingerprint density at radius 3 is 2.52 bits per heavy atom. The van der Waals surface area contributed by atoms with E-state index in [1.165, 1.54) is 4.90 Å². The van der Waals surface area contributed by atoms with Gasteiger partial charge in [0.05, 0.1) is 11.3 Å². The van der Waals surface area contributed by atoms with Gasteiger partial charge < -0.3 is 10.2 Å². The van der Waals surface area contributed by atoms with E-state index in [1.807, 2.05) is 0 Å². The summed E-state index contributed by atoms with van der Waals surface area (Å²) in [5.41, 5.74) is 0.773. The summed E-state index contributed by atoms with van der Waals surface area (Å²) in [7, 11) is 0. The van der Waals surface area contributed by atoms with Crippen molar-refractivity contribution in [1.29, 1.82) is 0 Å². The Labute approximate surface area is 120 Å². The van der Waals surface area contributed by atoms with Crippen LogP contribution in [0.15, 0.2) is 24.3 Å². The number of nitrogens with zero attached hydrogens (tertiary/aromatic N) is 1. The van der Waals surface area contributed by atoms with Crippen LogP contribution in [-0.4, -0.2) is 41.1 Å². The monoisotopic (exact) mass is 287 g/mol. The summed E-state index contributed by atoms with van der Waals surface area (Å²) in [6.07, 6.45) is 0.384. The second kappa shape index (κ2) is 5.01. The Morgan fingerprint density at radius 2 is 1.76 bits per heavy atom. The number of anilines is 1. The Morgan fingerprint density at radius 1 is 1.00 bits per heavy atom. The molecule has 3 rings (SSSR count). The number of fused-ring (bicyclic) bond motifs is 1. The number of para-hydroxylation sites is 1. The lowest BCUT2D eigenvalue weighted by Gasteiger charge is -2.31. The lowest BCUT2D eigenvalue weighted by Crippen LogP contribution is -2.55. The first-order chi connectivity index (χ1) is 10.1. The van der Waals surface area contributed by atoms with Crippen molar-refractivity contribution in [2.75, 3.05) is 11.9 Å². The minimum atomic E-state index is -0.799. The van der Waals surface area contributed by atoms with Gasteiger partial charge in [0.15, 0.2) is 0 Å². The average Bonchev–Trinajstić information content (AvgIpc) is 2.57. The number of carbonyl (C=O) groups is 4. The van der Waals surface area contributed by atoms with Crippen molar-refractivity contribution in [2.24, 2.45) is 0 Å². The Hall–Kier alpha value is -2.70. The van der Waals surface area contributed by atoms with Crippen LogP contribution in [-0.2, 0) is 14.4 Å². The number of imide groups is 1. The van der Waals surface area contributed by atoms with Crippen molar-refractivity contribution in [3.63, 3.8) is 0 Å². The fraction of sp³-hybridized carbons (Fsp3) is 0.286. The van der Waals surface area contributed by atoms with Crippen molar-refractivity contribution in [3.8, 4) is 0 Å². The fourth-order valence-electron chi connectivity index (χ4n) is 2.58. The summed E-state index contributed by atoms with van der Waals surface area (Å²) in [6, 6.07) is 5.85. The quantitative estimate of drug-likeness (QED) is 0.704. The van der Waals surface area contributed by atoms with E-state index >= 15 is 0 Å². The lowest BCUT2D eigenvalue weighted by atomic mass is 10.0. The molecule has 0 bridgehead atoms. The van der Waals surface area contributed by atoms with Gasteiger partial charge in [-0.3, -0.25) is 24.5 Å². The summed E-state index contributed by atoms with van der Waals surface area (Å²) in [6.45, 7) is -0.209. The first-order valence-electron chi connectivity index (χ1n) is 6.60. The average molecular weight is 287 g/mol. The number of amides is 4. The summed E-state index contributed by atoms with van der Waals surface area (Å²) in [4.78, 5) is 48.8. The molecule has 2 N–H and O–H groups in total. The predicted octanol–water partition coefficient (Wildman–Crippen LogP) is -0.114. The Bertz CT molecular complexity index is 655. The molecule has 1 unspecified atom stereocenters. The third-order valence-corrected chi connectivity index (χ3v) is 3.59. The van der Waals surface area contributed by atoms with Crippen molar-refractivity contribution in [1.82, 2.24) is 10.2 Å². The van der Waals surface area contributed by atoms with Crippen LogP contribution in [0.5, 0.6) is 0 Å². The minimum Gasteiger partial charge on any atom is -0.324 e. The van der Waals surface area contributed by atoms with Gasteiger partial charge in [-0.25, -0.2) is 0 Å². The van der Waals surface area contributed by atoms with Gasteiger partial charge in [-0.15, -0.1) is 0 Å². The molecule has 1 fully saturated rings. The van der Waals surface area contributed by atoms with E-state index in [-0.39, 0.29) is 31.2 Å². The molecule has 2 aliphatic heterocycles. The van der Waals surface area contributed by atoms with E-state index in [1.54, 1.807) is 24.3 Å². The molecule has 7 heteroatoms. The third-order valence-electron chi connectivity index (χ3n) is 3.59. The smallest absolute Gasteiger partial charge is 0.257 e. The van der Waals surface area contributed by atoms with Crippen LogP contribution >= 0.6 is 0 Å². The second-order valence-corrected chi connectivity index (χ2v) is 4.99. The number of carbonyl (C=O) groups excluding carboxylic acids is 4. The Kier molecular flexibility index (Phi) is 3.17. The summed E-state index contributed by atoms with van der Waals surface area (Å²) >= 11 is 0. The SMILES string of the molecule is O=C1CCC(N2CC(=O)Nc3ccccc3C2=O)C(=O)N1. The van der Waals surface area contributed by atoms with E-state index in [4.69, 9.17) is 0 Å². The highest BCUT2D eigenvalue weighted by atomic mass is 16.2. The number of nitrogens with one attached hydrogen (secondary N) is 2. The predicted molar refractivity (Wildman–Crippen MR) is 72.3 cm³/mol. The molecular formula is C14H13N3O4. The van der Waals surface area contributed by atoms with Crippen LogP contribution in [0.1, 0.15) is 23.2 Å². The van der Waals surface area contributed by atoms with Gasteiger partial charge in [0.1, 0.15) is 12.6 Å². The molecule has 21 heavy (non-hydrogen) atoms. The fourth-order valence-corrected chi connectivity index (χ4v) is 2.58. The lowest BCUT2D eigenvalue weighted by molar-refractivity contribution is -0.137. The van der Waals surface area contributed by atoms with Gasteiger partial charge in [0.2, 0.25) is 17.7 Å². The maximum Gasteiger partial charge on any atom is 0.257 e. The maximum atomic E-state index is 12.6. The van der Waals surface area contributed by atoms with Crippen LogP contribution in [0.4, 0.5) is 5.69 Å². The van der Waals surface area contributed by atoms with Crippen LogP contribution in [0.3, 0.4) is 0 Å². The molecule has 0 saturated carbocycles. The molecule has 0 aliphatic carbocycles. The van der Waals surface area contributed by atoms with Gasteiger partial charge in [0, 0.05) is 6.42 Å². The van der Waals surface area contributed by atoms with Crippen LogP contribution in [0.25, 0.3) is 0 Å². The molecule has 4 amide bonds. The molecule has 108 valence electrons. The molecule has 0 radical (unpaired) electrons. The molecule has 1 aromatic rings. The normalized spacial score (nSPS) is 22.3. The molecule has 7 nitrogen and oxygen atoms in total. The number of rotatable bonds is 1. The molecule has 2 aliphatic rings. The van der Waals surface area contributed by atoms with Gasteiger partial charge in [-0.2, -0.15) is 0 Å². The zero-order valence-corrected chi connectivity index (χ0v) is 11.1. The molecule has 1 saturated heterocycles.